The van der Waals surface area contributed by atoms with E-state index in [2.05, 4.69) is 33.6 Å². The average molecular weight is 289 g/mol. The number of hydrogen-bond donors (Lipinski definition) is 0. The summed E-state index contributed by atoms with van der Waals surface area (Å²) in [6.07, 6.45) is 3.63. The predicted octanol–water partition coefficient (Wildman–Crippen LogP) is 2.90. The third-order valence-corrected chi connectivity index (χ3v) is 3.70. The number of ether oxygens (including phenoxy) is 1. The van der Waals surface area contributed by atoms with Gasteiger partial charge in [-0.2, -0.15) is 0 Å². The standard InChI is InChI=1S/C10H12INO/c1-13-10-6-5-7-8(11)3-2-4-9(7)12-10/h5-6,8H,2-4H2,1H3/t8-/m0/s1. The van der Waals surface area contributed by atoms with Crippen LogP contribution in [-0.2, 0) is 6.42 Å². The molecule has 70 valence electrons. The number of rotatable bonds is 1. The van der Waals surface area contributed by atoms with Crippen molar-refractivity contribution >= 4 is 22.6 Å². The van der Waals surface area contributed by atoms with Crippen LogP contribution in [0.2, 0.25) is 0 Å². The Balaban J connectivity index is 2.39. The van der Waals surface area contributed by atoms with E-state index in [1.54, 1.807) is 7.11 Å². The van der Waals surface area contributed by atoms with Crippen LogP contribution >= 0.6 is 22.6 Å². The van der Waals surface area contributed by atoms with Gasteiger partial charge in [-0.25, -0.2) is 4.98 Å². The first-order valence-corrected chi connectivity index (χ1v) is 5.73. The van der Waals surface area contributed by atoms with Crippen molar-refractivity contribution in [1.82, 2.24) is 4.98 Å². The van der Waals surface area contributed by atoms with Crippen molar-refractivity contribution in [1.29, 1.82) is 0 Å². The first-order valence-electron chi connectivity index (χ1n) is 4.49. The summed E-state index contributed by atoms with van der Waals surface area (Å²) < 4.78 is 5.74. The summed E-state index contributed by atoms with van der Waals surface area (Å²) >= 11 is 2.49. The number of halogens is 1. The highest BCUT2D eigenvalue weighted by Crippen LogP contribution is 2.36. The molecule has 0 saturated heterocycles. The molecule has 0 bridgehead atoms. The molecule has 1 atom stereocenters. The van der Waals surface area contributed by atoms with E-state index in [-0.39, 0.29) is 0 Å². The second-order valence-electron chi connectivity index (χ2n) is 3.25. The molecule has 0 unspecified atom stereocenters. The summed E-state index contributed by atoms with van der Waals surface area (Å²) in [6.45, 7) is 0. The van der Waals surface area contributed by atoms with Crippen LogP contribution in [0.4, 0.5) is 0 Å². The molecule has 1 aromatic heterocycles. The minimum absolute atomic E-state index is 0.639. The van der Waals surface area contributed by atoms with Gasteiger partial charge in [0.15, 0.2) is 0 Å². The predicted molar refractivity (Wildman–Crippen MR) is 60.5 cm³/mol. The van der Waals surface area contributed by atoms with E-state index in [1.165, 1.54) is 24.1 Å². The van der Waals surface area contributed by atoms with Gasteiger partial charge in [0.05, 0.1) is 7.11 Å². The molecule has 0 saturated carbocycles. The quantitative estimate of drug-likeness (QED) is 0.586. The zero-order valence-electron chi connectivity index (χ0n) is 7.59. The Morgan fingerprint density at radius 1 is 1.54 bits per heavy atom. The lowest BCUT2D eigenvalue weighted by atomic mass is 9.96. The molecule has 0 spiro atoms. The molecule has 0 aliphatic heterocycles. The van der Waals surface area contributed by atoms with Gasteiger partial charge in [0, 0.05) is 15.7 Å². The third-order valence-electron chi connectivity index (χ3n) is 2.40. The lowest BCUT2D eigenvalue weighted by Gasteiger charge is -2.20. The normalized spacial score (nSPS) is 20.9. The molecule has 1 aromatic rings. The number of methoxy groups -OCH3 is 1. The average Bonchev–Trinajstić information content (AvgIpc) is 2.18. The van der Waals surface area contributed by atoms with Gasteiger partial charge in [-0.1, -0.05) is 28.7 Å². The smallest absolute Gasteiger partial charge is 0.213 e. The van der Waals surface area contributed by atoms with E-state index in [4.69, 9.17) is 4.74 Å². The van der Waals surface area contributed by atoms with Crippen LogP contribution in [0, 0.1) is 0 Å². The van der Waals surface area contributed by atoms with Gasteiger partial charge in [0.1, 0.15) is 0 Å². The highest BCUT2D eigenvalue weighted by Gasteiger charge is 2.18. The number of nitrogens with zero attached hydrogens (tertiary/aromatic N) is 1. The zero-order chi connectivity index (χ0) is 9.26. The maximum absolute atomic E-state index is 5.10. The molecule has 1 aliphatic rings. The monoisotopic (exact) mass is 289 g/mol. The van der Waals surface area contributed by atoms with E-state index in [9.17, 15) is 0 Å². The molecule has 2 nitrogen and oxygen atoms in total. The molecule has 13 heavy (non-hydrogen) atoms. The van der Waals surface area contributed by atoms with Crippen LogP contribution in [0.1, 0.15) is 28.0 Å². The summed E-state index contributed by atoms with van der Waals surface area (Å²) in [5, 5.41) is 0. The van der Waals surface area contributed by atoms with Gasteiger partial charge >= 0.3 is 0 Å². The Kier molecular flexibility index (Phi) is 2.71. The number of aromatic nitrogens is 1. The van der Waals surface area contributed by atoms with Crippen molar-refractivity contribution in [3.8, 4) is 5.88 Å². The highest BCUT2D eigenvalue weighted by atomic mass is 127. The van der Waals surface area contributed by atoms with Crippen LogP contribution in [0.25, 0.3) is 0 Å². The maximum atomic E-state index is 5.10. The third kappa shape index (κ3) is 1.80. The fourth-order valence-corrected chi connectivity index (χ4v) is 2.70. The summed E-state index contributed by atoms with van der Waals surface area (Å²) in [6, 6.07) is 4.10. The van der Waals surface area contributed by atoms with Crippen molar-refractivity contribution in [2.75, 3.05) is 7.11 Å². The lowest BCUT2D eigenvalue weighted by molar-refractivity contribution is 0.395. The second kappa shape index (κ2) is 3.82. The summed E-state index contributed by atoms with van der Waals surface area (Å²) in [5.74, 6) is 0.740. The van der Waals surface area contributed by atoms with Gasteiger partial charge in [0.25, 0.3) is 0 Å². The molecular formula is C10H12INO. The first-order chi connectivity index (χ1) is 6.31. The Morgan fingerprint density at radius 2 is 2.38 bits per heavy atom. The van der Waals surface area contributed by atoms with Gasteiger partial charge in [-0.3, -0.25) is 0 Å². The Hall–Kier alpha value is -0.320. The number of alkyl halides is 1. The van der Waals surface area contributed by atoms with Crippen molar-refractivity contribution in [3.63, 3.8) is 0 Å². The Bertz CT molecular complexity index is 314. The minimum atomic E-state index is 0.639. The highest BCUT2D eigenvalue weighted by molar-refractivity contribution is 14.1. The maximum Gasteiger partial charge on any atom is 0.213 e. The number of pyridine rings is 1. The largest absolute Gasteiger partial charge is 0.481 e. The van der Waals surface area contributed by atoms with E-state index >= 15 is 0 Å². The first kappa shape index (κ1) is 9.24. The Labute approximate surface area is 91.8 Å². The number of fused-ring (bicyclic) bond motifs is 1. The van der Waals surface area contributed by atoms with Crippen LogP contribution in [0.3, 0.4) is 0 Å². The number of aryl methyl sites for hydroxylation is 1. The van der Waals surface area contributed by atoms with Crippen molar-refractivity contribution in [2.45, 2.75) is 23.2 Å². The molecule has 1 aliphatic carbocycles. The molecular weight excluding hydrogens is 277 g/mol. The minimum Gasteiger partial charge on any atom is -0.481 e. The fourth-order valence-electron chi connectivity index (χ4n) is 1.70. The summed E-state index contributed by atoms with van der Waals surface area (Å²) in [7, 11) is 1.67. The van der Waals surface area contributed by atoms with Gasteiger partial charge < -0.3 is 4.74 Å². The SMILES string of the molecule is COc1ccc2c(n1)CCC[C@@H]2I. The zero-order valence-corrected chi connectivity index (χ0v) is 9.74. The van der Waals surface area contributed by atoms with Gasteiger partial charge in [-0.05, 0) is 24.8 Å². The molecule has 1 heterocycles. The van der Waals surface area contributed by atoms with Crippen LogP contribution < -0.4 is 4.74 Å². The molecule has 0 N–H and O–H groups in total. The molecule has 0 fully saturated rings. The fraction of sp³-hybridized carbons (Fsp3) is 0.500. The van der Waals surface area contributed by atoms with Crippen molar-refractivity contribution in [2.24, 2.45) is 0 Å². The van der Waals surface area contributed by atoms with Gasteiger partial charge in [-0.15, -0.1) is 0 Å². The van der Waals surface area contributed by atoms with Crippen LogP contribution in [0.15, 0.2) is 12.1 Å². The summed E-state index contributed by atoms with van der Waals surface area (Å²) in [5.41, 5.74) is 2.62. The van der Waals surface area contributed by atoms with Crippen molar-refractivity contribution < 1.29 is 4.74 Å². The van der Waals surface area contributed by atoms with Gasteiger partial charge in [0.2, 0.25) is 5.88 Å². The molecule has 0 aromatic carbocycles. The molecule has 2 rings (SSSR count). The van der Waals surface area contributed by atoms with E-state index in [1.807, 2.05) is 6.07 Å². The van der Waals surface area contributed by atoms with Crippen LogP contribution in [0.5, 0.6) is 5.88 Å². The molecule has 0 amide bonds. The lowest BCUT2D eigenvalue weighted by Crippen LogP contribution is -2.07. The van der Waals surface area contributed by atoms with E-state index in [0.29, 0.717) is 3.92 Å². The van der Waals surface area contributed by atoms with Crippen molar-refractivity contribution in [3.05, 3.63) is 23.4 Å². The molecule has 0 radical (unpaired) electrons. The van der Waals surface area contributed by atoms with Crippen LogP contribution in [-0.4, -0.2) is 12.1 Å². The topological polar surface area (TPSA) is 22.1 Å². The summed E-state index contributed by atoms with van der Waals surface area (Å²) in [4.78, 5) is 4.46. The number of hydrogen-bond acceptors (Lipinski definition) is 2. The van der Waals surface area contributed by atoms with E-state index < -0.39 is 0 Å². The second-order valence-corrected chi connectivity index (χ2v) is 4.75. The molecule has 3 heteroatoms. The Morgan fingerprint density at radius 3 is 3.15 bits per heavy atom. The van der Waals surface area contributed by atoms with E-state index in [0.717, 1.165) is 12.3 Å².